The molecule has 1 heterocycles. The molecule has 2 rings (SSSR count). The van der Waals surface area contributed by atoms with Crippen molar-refractivity contribution in [2.75, 3.05) is 20.2 Å². The summed E-state index contributed by atoms with van der Waals surface area (Å²) in [6.45, 7) is 2.56. The minimum absolute atomic E-state index is 0.00505. The van der Waals surface area contributed by atoms with Gasteiger partial charge >= 0.3 is 6.03 Å². The number of hydrogen-bond donors (Lipinski definition) is 3. The minimum Gasteiger partial charge on any atom is -0.396 e. The average molecular weight is 327 g/mol. The van der Waals surface area contributed by atoms with Crippen LogP contribution in [0.5, 0.6) is 0 Å². The molecule has 1 aromatic rings. The fraction of sp³-hybridized carbons (Fsp3) is 0.562. The van der Waals surface area contributed by atoms with E-state index in [2.05, 4.69) is 10.6 Å². The fourth-order valence-electron chi connectivity index (χ4n) is 2.98. The number of likely N-dealkylation sites (N-methyl/N-ethyl adjacent to an activating group) is 1. The van der Waals surface area contributed by atoms with Gasteiger partial charge in [-0.05, 0) is 44.5 Å². The Kier molecular flexibility index (Phi) is 5.90. The van der Waals surface area contributed by atoms with Crippen molar-refractivity contribution >= 4 is 6.03 Å². The second kappa shape index (κ2) is 7.70. The molecule has 1 saturated heterocycles. The Morgan fingerprint density at radius 1 is 1.43 bits per heavy atom. The monoisotopic (exact) mass is 327 g/mol. The molecule has 128 valence electrons. The molecule has 1 aliphatic rings. The minimum atomic E-state index is -0.887. The highest BCUT2D eigenvalue weighted by atomic mass is 19.2. The van der Waals surface area contributed by atoms with E-state index in [0.29, 0.717) is 12.0 Å². The number of nitrogens with one attached hydrogen (secondary N) is 2. The number of rotatable bonds is 5. The van der Waals surface area contributed by atoms with Crippen molar-refractivity contribution in [2.45, 2.75) is 37.9 Å². The SMILES string of the molecule is C[C@H](CCO)NC(=O)NC1CCN(C)C1c1ccc(F)c(F)c1. The molecule has 0 bridgehead atoms. The van der Waals surface area contributed by atoms with Gasteiger partial charge in [-0.3, -0.25) is 4.90 Å². The van der Waals surface area contributed by atoms with Crippen molar-refractivity contribution in [1.82, 2.24) is 15.5 Å². The Hall–Kier alpha value is -1.73. The molecular weight excluding hydrogens is 304 g/mol. The van der Waals surface area contributed by atoms with Crippen LogP contribution in [0.3, 0.4) is 0 Å². The van der Waals surface area contributed by atoms with E-state index in [9.17, 15) is 13.6 Å². The maximum Gasteiger partial charge on any atom is 0.315 e. The maximum atomic E-state index is 13.5. The number of urea groups is 1. The Morgan fingerprint density at radius 2 is 2.17 bits per heavy atom. The van der Waals surface area contributed by atoms with Crippen LogP contribution in [-0.4, -0.2) is 48.3 Å². The number of carbonyl (C=O) groups excluding carboxylic acids is 1. The zero-order valence-electron chi connectivity index (χ0n) is 13.4. The van der Waals surface area contributed by atoms with Crippen molar-refractivity contribution in [3.05, 3.63) is 35.4 Å². The first-order valence-corrected chi connectivity index (χ1v) is 7.75. The summed E-state index contributed by atoms with van der Waals surface area (Å²) in [5.41, 5.74) is 0.637. The average Bonchev–Trinajstić information content (AvgIpc) is 2.83. The quantitative estimate of drug-likeness (QED) is 0.772. The molecule has 7 heteroatoms. The molecule has 1 aliphatic heterocycles. The fourth-order valence-corrected chi connectivity index (χ4v) is 2.98. The number of aliphatic hydroxyl groups excluding tert-OH is 1. The van der Waals surface area contributed by atoms with Crippen molar-refractivity contribution < 1.29 is 18.7 Å². The summed E-state index contributed by atoms with van der Waals surface area (Å²) in [7, 11) is 1.89. The molecule has 0 radical (unpaired) electrons. The topological polar surface area (TPSA) is 64.6 Å². The standard InChI is InChI=1S/C16H23F2N3O2/c1-10(6-8-22)19-16(23)20-14-5-7-21(2)15(14)11-3-4-12(17)13(18)9-11/h3-4,9-10,14-15,22H,5-8H2,1-2H3,(H2,19,20,23)/t10-,14?,15?/m1/s1. The van der Waals surface area contributed by atoms with Gasteiger partial charge in [-0.2, -0.15) is 0 Å². The first-order valence-electron chi connectivity index (χ1n) is 7.75. The lowest BCUT2D eigenvalue weighted by atomic mass is 10.00. The highest BCUT2D eigenvalue weighted by Crippen LogP contribution is 2.31. The number of hydrogen-bond acceptors (Lipinski definition) is 3. The smallest absolute Gasteiger partial charge is 0.315 e. The molecule has 0 saturated carbocycles. The lowest BCUT2D eigenvalue weighted by Gasteiger charge is -2.27. The molecule has 2 unspecified atom stereocenters. The van der Waals surface area contributed by atoms with Crippen molar-refractivity contribution in [1.29, 1.82) is 0 Å². The Labute approximate surface area is 134 Å². The Balaban J connectivity index is 2.06. The molecular formula is C16H23F2N3O2. The summed E-state index contributed by atoms with van der Waals surface area (Å²) in [5.74, 6) is -1.77. The molecule has 5 nitrogen and oxygen atoms in total. The van der Waals surface area contributed by atoms with Crippen molar-refractivity contribution in [3.8, 4) is 0 Å². The number of aliphatic hydroxyl groups is 1. The Morgan fingerprint density at radius 3 is 2.83 bits per heavy atom. The Bertz CT molecular complexity index is 556. The molecule has 0 aliphatic carbocycles. The summed E-state index contributed by atoms with van der Waals surface area (Å²) in [6, 6.07) is 2.99. The van der Waals surface area contributed by atoms with E-state index in [1.54, 1.807) is 6.07 Å². The number of amides is 2. The predicted octanol–water partition coefficient (Wildman–Crippen LogP) is 1.78. The van der Waals surface area contributed by atoms with E-state index in [4.69, 9.17) is 5.11 Å². The highest BCUT2D eigenvalue weighted by Gasteiger charge is 2.34. The first kappa shape index (κ1) is 17.6. The number of likely N-dealkylation sites (tertiary alicyclic amines) is 1. The second-order valence-electron chi connectivity index (χ2n) is 6.03. The third-order valence-electron chi connectivity index (χ3n) is 4.19. The van der Waals surface area contributed by atoms with Gasteiger partial charge in [0.2, 0.25) is 0 Å². The van der Waals surface area contributed by atoms with Crippen LogP contribution in [0.15, 0.2) is 18.2 Å². The summed E-state index contributed by atoms with van der Waals surface area (Å²) in [4.78, 5) is 14.0. The number of benzene rings is 1. The van der Waals surface area contributed by atoms with Gasteiger partial charge in [0.1, 0.15) is 0 Å². The number of halogens is 2. The van der Waals surface area contributed by atoms with Gasteiger partial charge < -0.3 is 15.7 Å². The summed E-state index contributed by atoms with van der Waals surface area (Å²) in [6.07, 6.45) is 1.20. The second-order valence-corrected chi connectivity index (χ2v) is 6.03. The van der Waals surface area contributed by atoms with E-state index in [1.165, 1.54) is 6.07 Å². The van der Waals surface area contributed by atoms with Crippen LogP contribution in [0.2, 0.25) is 0 Å². The lowest BCUT2D eigenvalue weighted by molar-refractivity contribution is 0.221. The zero-order chi connectivity index (χ0) is 17.0. The maximum absolute atomic E-state index is 13.5. The molecule has 23 heavy (non-hydrogen) atoms. The first-order chi connectivity index (χ1) is 10.9. The number of carbonyl (C=O) groups is 1. The van der Waals surface area contributed by atoms with E-state index >= 15 is 0 Å². The molecule has 1 aromatic carbocycles. The normalized spacial score (nSPS) is 22.8. The van der Waals surface area contributed by atoms with Crippen molar-refractivity contribution in [2.24, 2.45) is 0 Å². The molecule has 3 N–H and O–H groups in total. The lowest BCUT2D eigenvalue weighted by Crippen LogP contribution is -2.47. The van der Waals surface area contributed by atoms with Crippen LogP contribution < -0.4 is 10.6 Å². The molecule has 2 amide bonds. The predicted molar refractivity (Wildman–Crippen MR) is 83.0 cm³/mol. The van der Waals surface area contributed by atoms with Gasteiger partial charge in [0, 0.05) is 19.2 Å². The third kappa shape index (κ3) is 4.39. The summed E-state index contributed by atoms with van der Waals surface area (Å²) in [5, 5.41) is 14.5. The summed E-state index contributed by atoms with van der Waals surface area (Å²) < 4.78 is 26.6. The van der Waals surface area contributed by atoms with E-state index in [0.717, 1.165) is 19.0 Å². The van der Waals surface area contributed by atoms with Crippen LogP contribution in [0, 0.1) is 11.6 Å². The largest absolute Gasteiger partial charge is 0.396 e. The summed E-state index contributed by atoms with van der Waals surface area (Å²) >= 11 is 0. The van der Waals surface area contributed by atoms with Crippen LogP contribution in [-0.2, 0) is 0 Å². The highest BCUT2D eigenvalue weighted by molar-refractivity contribution is 5.74. The van der Waals surface area contributed by atoms with E-state index in [1.807, 2.05) is 18.9 Å². The van der Waals surface area contributed by atoms with Crippen LogP contribution in [0.1, 0.15) is 31.4 Å². The van der Waals surface area contributed by atoms with Crippen LogP contribution in [0.25, 0.3) is 0 Å². The third-order valence-corrected chi connectivity index (χ3v) is 4.19. The number of nitrogens with zero attached hydrogens (tertiary/aromatic N) is 1. The molecule has 0 aromatic heterocycles. The van der Waals surface area contributed by atoms with Gasteiger partial charge in [-0.1, -0.05) is 6.07 Å². The van der Waals surface area contributed by atoms with Gasteiger partial charge in [-0.25, -0.2) is 13.6 Å². The molecule has 3 atom stereocenters. The van der Waals surface area contributed by atoms with Crippen LogP contribution >= 0.6 is 0 Å². The van der Waals surface area contributed by atoms with E-state index in [-0.39, 0.29) is 30.8 Å². The zero-order valence-corrected chi connectivity index (χ0v) is 13.4. The molecule has 0 spiro atoms. The van der Waals surface area contributed by atoms with E-state index < -0.39 is 11.6 Å². The van der Waals surface area contributed by atoms with Gasteiger partial charge in [0.05, 0.1) is 12.1 Å². The molecule has 1 fully saturated rings. The van der Waals surface area contributed by atoms with Gasteiger partial charge in [0.25, 0.3) is 0 Å². The van der Waals surface area contributed by atoms with Gasteiger partial charge in [-0.15, -0.1) is 0 Å². The van der Waals surface area contributed by atoms with Gasteiger partial charge in [0.15, 0.2) is 11.6 Å². The van der Waals surface area contributed by atoms with Crippen molar-refractivity contribution in [3.63, 3.8) is 0 Å². The van der Waals surface area contributed by atoms with Crippen LogP contribution in [0.4, 0.5) is 13.6 Å².